The molecule has 0 bridgehead atoms. The van der Waals surface area contributed by atoms with Crippen LogP contribution in [0, 0.1) is 11.3 Å². The summed E-state index contributed by atoms with van der Waals surface area (Å²) in [6, 6.07) is 11.0. The molecule has 0 fully saturated rings. The summed E-state index contributed by atoms with van der Waals surface area (Å²) < 4.78 is 2.05. The van der Waals surface area contributed by atoms with Crippen LogP contribution in [0.1, 0.15) is 32.9 Å². The number of nitriles is 1. The van der Waals surface area contributed by atoms with Gasteiger partial charge in [-0.15, -0.1) is 0 Å². The van der Waals surface area contributed by atoms with Crippen molar-refractivity contribution in [2.24, 2.45) is 0 Å². The predicted octanol–water partition coefficient (Wildman–Crippen LogP) is 3.18. The maximum absolute atomic E-state index is 8.78. The summed E-state index contributed by atoms with van der Waals surface area (Å²) in [5.74, 6) is 0. The van der Waals surface area contributed by atoms with Gasteiger partial charge in [-0.3, -0.25) is 9.58 Å². The number of aromatic nitrogens is 2. The van der Waals surface area contributed by atoms with Crippen LogP contribution in [0.4, 0.5) is 0 Å². The van der Waals surface area contributed by atoms with Crippen molar-refractivity contribution in [1.29, 1.82) is 5.26 Å². The first-order chi connectivity index (χ1) is 9.67. The zero-order valence-electron chi connectivity index (χ0n) is 12.5. The molecule has 106 valence electrons. The van der Waals surface area contributed by atoms with Gasteiger partial charge in [-0.1, -0.05) is 18.2 Å². The van der Waals surface area contributed by atoms with Crippen molar-refractivity contribution in [3.63, 3.8) is 0 Å². The minimum Gasteiger partial charge on any atom is -0.294 e. The van der Waals surface area contributed by atoms with Crippen LogP contribution >= 0.6 is 0 Å². The average molecular weight is 270 g/mol. The maximum atomic E-state index is 8.78. The number of hydrogen-bond acceptors (Lipinski definition) is 3. The Bertz CT molecular complexity index is 606. The monoisotopic (exact) mass is 270 g/mol. The second kappa shape index (κ2) is 6.53. The van der Waals surface area contributed by atoms with Crippen molar-refractivity contribution in [3.05, 3.63) is 30.0 Å². The van der Waals surface area contributed by atoms with Crippen molar-refractivity contribution in [3.8, 4) is 6.07 Å². The molecule has 20 heavy (non-hydrogen) atoms. The molecule has 0 aliphatic heterocycles. The third-order valence-corrected chi connectivity index (χ3v) is 3.63. The van der Waals surface area contributed by atoms with E-state index < -0.39 is 0 Å². The molecule has 0 aliphatic carbocycles. The molecule has 1 aromatic heterocycles. The van der Waals surface area contributed by atoms with Gasteiger partial charge >= 0.3 is 0 Å². The van der Waals surface area contributed by atoms with Gasteiger partial charge in [-0.2, -0.15) is 10.4 Å². The molecule has 1 heterocycles. The highest BCUT2D eigenvalue weighted by Crippen LogP contribution is 2.20. The summed E-state index contributed by atoms with van der Waals surface area (Å²) >= 11 is 0. The molecule has 4 nitrogen and oxygen atoms in total. The van der Waals surface area contributed by atoms with Crippen LogP contribution in [0.2, 0.25) is 0 Å². The van der Waals surface area contributed by atoms with Gasteiger partial charge in [0, 0.05) is 37.5 Å². The van der Waals surface area contributed by atoms with E-state index in [-0.39, 0.29) is 0 Å². The van der Waals surface area contributed by atoms with Crippen molar-refractivity contribution >= 4 is 10.9 Å². The van der Waals surface area contributed by atoms with Crippen molar-refractivity contribution < 1.29 is 0 Å². The Balaban J connectivity index is 2.30. The van der Waals surface area contributed by atoms with Gasteiger partial charge in [0.1, 0.15) is 0 Å². The van der Waals surface area contributed by atoms with Crippen molar-refractivity contribution in [2.75, 3.05) is 6.54 Å². The number of rotatable bonds is 6. The van der Waals surface area contributed by atoms with Gasteiger partial charge < -0.3 is 0 Å². The number of para-hydroxylation sites is 1. The lowest BCUT2D eigenvalue weighted by atomic mass is 10.2. The molecule has 0 aliphatic rings. The molecule has 0 saturated heterocycles. The van der Waals surface area contributed by atoms with E-state index in [9.17, 15) is 0 Å². The summed E-state index contributed by atoms with van der Waals surface area (Å²) in [6.07, 6.45) is 0.560. The Hall–Kier alpha value is -1.86. The highest BCUT2D eigenvalue weighted by molar-refractivity contribution is 5.81. The minimum atomic E-state index is 0.411. The first-order valence-corrected chi connectivity index (χ1v) is 7.22. The van der Waals surface area contributed by atoms with Gasteiger partial charge in [0.2, 0.25) is 0 Å². The molecule has 2 rings (SSSR count). The highest BCUT2D eigenvalue weighted by atomic mass is 15.3. The molecule has 0 unspecified atom stereocenters. The van der Waals surface area contributed by atoms with Crippen LogP contribution in [0.3, 0.4) is 0 Å². The largest absolute Gasteiger partial charge is 0.294 e. The summed E-state index contributed by atoms with van der Waals surface area (Å²) in [6.45, 7) is 8.90. The van der Waals surface area contributed by atoms with E-state index in [4.69, 9.17) is 10.4 Å². The fraction of sp³-hybridized carbons (Fsp3) is 0.500. The highest BCUT2D eigenvalue weighted by Gasteiger charge is 2.15. The van der Waals surface area contributed by atoms with Crippen LogP contribution in [0.5, 0.6) is 0 Å². The molecular weight excluding hydrogens is 248 g/mol. The zero-order chi connectivity index (χ0) is 14.5. The lowest BCUT2D eigenvalue weighted by Gasteiger charge is -2.24. The Labute approximate surface area is 120 Å². The van der Waals surface area contributed by atoms with E-state index >= 15 is 0 Å². The van der Waals surface area contributed by atoms with Gasteiger partial charge in [0.25, 0.3) is 0 Å². The summed E-state index contributed by atoms with van der Waals surface area (Å²) in [7, 11) is 0. The fourth-order valence-corrected chi connectivity index (χ4v) is 2.46. The molecule has 0 N–H and O–H groups in total. The van der Waals surface area contributed by atoms with Crippen LogP contribution in [-0.2, 0) is 13.1 Å². The number of fused-ring (bicyclic) bond motifs is 1. The standard InChI is InChI=1S/C16H22N4/c1-4-20-16-9-6-5-8-14(16)15(18-20)12-19(13(2)3)11-7-10-17/h5-6,8-9,13H,4,7,11-12H2,1-3H3. The average Bonchev–Trinajstić information content (AvgIpc) is 2.81. The lowest BCUT2D eigenvalue weighted by Crippen LogP contribution is -2.31. The first kappa shape index (κ1) is 14.5. The molecule has 0 atom stereocenters. The van der Waals surface area contributed by atoms with Crippen molar-refractivity contribution in [1.82, 2.24) is 14.7 Å². The summed E-state index contributed by atoms with van der Waals surface area (Å²) in [4.78, 5) is 2.30. The van der Waals surface area contributed by atoms with Gasteiger partial charge in [0.15, 0.2) is 0 Å². The third-order valence-electron chi connectivity index (χ3n) is 3.63. The number of hydrogen-bond donors (Lipinski definition) is 0. The molecule has 2 aromatic rings. The Morgan fingerprint density at radius 2 is 2.10 bits per heavy atom. The normalized spacial score (nSPS) is 11.4. The Kier molecular flexibility index (Phi) is 4.75. The third kappa shape index (κ3) is 3.00. The van der Waals surface area contributed by atoms with E-state index in [2.05, 4.69) is 56.0 Å². The SMILES string of the molecule is CCn1nc(CN(CCC#N)C(C)C)c2ccccc21. The maximum Gasteiger partial charge on any atom is 0.0843 e. The second-order valence-electron chi connectivity index (χ2n) is 5.25. The molecule has 0 amide bonds. The molecule has 4 heteroatoms. The zero-order valence-corrected chi connectivity index (χ0v) is 12.5. The Morgan fingerprint density at radius 1 is 1.35 bits per heavy atom. The number of nitrogens with zero attached hydrogens (tertiary/aromatic N) is 4. The molecule has 0 radical (unpaired) electrons. The van der Waals surface area contributed by atoms with E-state index in [0.717, 1.165) is 25.3 Å². The van der Waals surface area contributed by atoms with Gasteiger partial charge in [-0.05, 0) is 26.8 Å². The first-order valence-electron chi connectivity index (χ1n) is 7.22. The predicted molar refractivity (Wildman–Crippen MR) is 81.2 cm³/mol. The van der Waals surface area contributed by atoms with Crippen LogP contribution < -0.4 is 0 Å². The Morgan fingerprint density at radius 3 is 2.75 bits per heavy atom. The van der Waals surface area contributed by atoms with E-state index in [0.29, 0.717) is 12.5 Å². The lowest BCUT2D eigenvalue weighted by molar-refractivity contribution is 0.215. The second-order valence-corrected chi connectivity index (χ2v) is 5.25. The number of aryl methyl sites for hydroxylation is 1. The molecular formula is C16H22N4. The fourth-order valence-electron chi connectivity index (χ4n) is 2.46. The molecule has 0 saturated carbocycles. The van der Waals surface area contributed by atoms with Crippen LogP contribution in [-0.4, -0.2) is 27.3 Å². The van der Waals surface area contributed by atoms with E-state index in [1.807, 2.05) is 4.68 Å². The minimum absolute atomic E-state index is 0.411. The van der Waals surface area contributed by atoms with Gasteiger partial charge in [0.05, 0.1) is 17.3 Å². The molecule has 0 spiro atoms. The van der Waals surface area contributed by atoms with Gasteiger partial charge in [-0.25, -0.2) is 0 Å². The van der Waals surface area contributed by atoms with Crippen LogP contribution in [0.15, 0.2) is 24.3 Å². The summed E-state index contributed by atoms with van der Waals surface area (Å²) in [5, 5.41) is 14.7. The summed E-state index contributed by atoms with van der Waals surface area (Å²) in [5.41, 5.74) is 2.29. The topological polar surface area (TPSA) is 44.9 Å². The quantitative estimate of drug-likeness (QED) is 0.809. The smallest absolute Gasteiger partial charge is 0.0843 e. The number of benzene rings is 1. The van der Waals surface area contributed by atoms with Crippen LogP contribution in [0.25, 0.3) is 10.9 Å². The van der Waals surface area contributed by atoms with Crippen molar-refractivity contribution in [2.45, 2.75) is 46.3 Å². The van der Waals surface area contributed by atoms with E-state index in [1.54, 1.807) is 0 Å². The van der Waals surface area contributed by atoms with E-state index in [1.165, 1.54) is 10.9 Å². The molecule has 1 aromatic carbocycles.